The average Bonchev–Trinajstić information content (AvgIpc) is 3.04. The first-order valence-electron chi connectivity index (χ1n) is 10.8. The van der Waals surface area contributed by atoms with Gasteiger partial charge in [-0.25, -0.2) is 0 Å². The molecule has 0 amide bonds. The van der Waals surface area contributed by atoms with Gasteiger partial charge >= 0.3 is 0 Å². The minimum atomic E-state index is -0.860. The van der Waals surface area contributed by atoms with Crippen LogP contribution in [-0.4, -0.2) is 68.6 Å². The minimum Gasteiger partial charge on any atom is -0.390 e. The highest BCUT2D eigenvalue weighted by molar-refractivity contribution is 5.47. The number of nitrogens with zero attached hydrogens (tertiary/aromatic N) is 2. The van der Waals surface area contributed by atoms with Crippen LogP contribution in [0.4, 0.5) is 11.4 Å². The Morgan fingerprint density at radius 2 is 1.03 bits per heavy atom. The van der Waals surface area contributed by atoms with Crippen LogP contribution in [0.5, 0.6) is 0 Å². The van der Waals surface area contributed by atoms with Crippen LogP contribution in [0.1, 0.15) is 25.0 Å². The second-order valence-corrected chi connectivity index (χ2v) is 9.23. The summed E-state index contributed by atoms with van der Waals surface area (Å²) in [6, 6.07) is 16.2. The van der Waals surface area contributed by atoms with Crippen molar-refractivity contribution in [3.63, 3.8) is 0 Å². The lowest BCUT2D eigenvalue weighted by molar-refractivity contribution is -0.160. The monoisotopic (exact) mass is 428 g/mol. The lowest BCUT2D eigenvalue weighted by Gasteiger charge is -2.26. The van der Waals surface area contributed by atoms with Crippen LogP contribution >= 0.6 is 0 Å². The maximum Gasteiger partial charge on any atom is 0.164 e. The van der Waals surface area contributed by atoms with E-state index in [1.165, 1.54) is 0 Å². The second-order valence-electron chi connectivity index (χ2n) is 9.23. The number of hydrogen-bond acceptors (Lipinski definition) is 6. The van der Waals surface area contributed by atoms with Gasteiger partial charge in [0.05, 0.1) is 12.2 Å². The number of benzene rings is 2. The highest BCUT2D eigenvalue weighted by atomic mass is 16.8. The van der Waals surface area contributed by atoms with E-state index < -0.39 is 30.2 Å². The molecule has 0 unspecified atom stereocenters. The van der Waals surface area contributed by atoms with E-state index in [1.807, 2.05) is 100 Å². The zero-order valence-electron chi connectivity index (χ0n) is 19.4. The predicted octanol–water partition coefficient (Wildman–Crippen LogP) is 2.85. The molecule has 2 aromatic rings. The van der Waals surface area contributed by atoms with Crippen LogP contribution in [-0.2, 0) is 22.3 Å². The standard InChI is InChI=1S/C25H36N2O4/c1-25(2)30-23(21(28)15-17-7-11-19(12-8-17)26(3)4)24(31-25)22(29)16-18-9-13-20(14-10-18)27(5)6/h7-14,21-24,28-29H,15-16H2,1-6H3/t21-,22-,23-,24-/m0/s1. The van der Waals surface area contributed by atoms with Crippen molar-refractivity contribution in [1.29, 1.82) is 0 Å². The molecule has 6 nitrogen and oxygen atoms in total. The third-order valence-electron chi connectivity index (χ3n) is 5.72. The highest BCUT2D eigenvalue weighted by Gasteiger charge is 2.47. The van der Waals surface area contributed by atoms with Crippen molar-refractivity contribution in [3.8, 4) is 0 Å². The summed E-state index contributed by atoms with van der Waals surface area (Å²) in [5.74, 6) is -0.860. The molecule has 4 atom stereocenters. The van der Waals surface area contributed by atoms with Crippen molar-refractivity contribution in [2.75, 3.05) is 38.0 Å². The lowest BCUT2D eigenvalue weighted by atomic mass is 9.94. The third kappa shape index (κ3) is 5.98. The van der Waals surface area contributed by atoms with Crippen molar-refractivity contribution in [1.82, 2.24) is 0 Å². The molecule has 0 radical (unpaired) electrons. The maximum atomic E-state index is 11.0. The fraction of sp³-hybridized carbons (Fsp3) is 0.520. The van der Waals surface area contributed by atoms with E-state index in [4.69, 9.17) is 9.47 Å². The van der Waals surface area contributed by atoms with Gasteiger partial charge in [-0.3, -0.25) is 0 Å². The number of rotatable bonds is 8. The van der Waals surface area contributed by atoms with Gasteiger partial charge in [0.15, 0.2) is 5.79 Å². The number of ether oxygens (including phenoxy) is 2. The molecule has 1 heterocycles. The van der Waals surface area contributed by atoms with Gasteiger partial charge in [0.25, 0.3) is 0 Å². The van der Waals surface area contributed by atoms with E-state index in [0.717, 1.165) is 22.5 Å². The molecule has 2 N–H and O–H groups in total. The molecule has 3 rings (SSSR count). The van der Waals surface area contributed by atoms with Crippen LogP contribution in [0.2, 0.25) is 0 Å². The van der Waals surface area contributed by atoms with Gasteiger partial charge in [-0.1, -0.05) is 24.3 Å². The molecule has 1 fully saturated rings. The average molecular weight is 429 g/mol. The fourth-order valence-corrected chi connectivity index (χ4v) is 3.99. The Morgan fingerprint density at radius 1 is 0.710 bits per heavy atom. The Morgan fingerprint density at radius 3 is 1.32 bits per heavy atom. The molecule has 0 bridgehead atoms. The molecule has 2 aromatic carbocycles. The molecule has 0 spiro atoms. The van der Waals surface area contributed by atoms with Crippen LogP contribution in [0.3, 0.4) is 0 Å². The zero-order chi connectivity index (χ0) is 22.8. The Hall–Kier alpha value is -2.12. The molecule has 1 aliphatic heterocycles. The summed E-state index contributed by atoms with van der Waals surface area (Å²) in [4.78, 5) is 4.07. The van der Waals surface area contributed by atoms with Gasteiger partial charge in [-0.05, 0) is 49.2 Å². The second kappa shape index (κ2) is 9.57. The number of aliphatic hydroxyl groups excluding tert-OH is 2. The SMILES string of the molecule is CN(C)c1ccc(C[C@H](O)[C@@H]2OC(C)(C)O[C@H]2[C@@H](O)Cc2ccc(N(C)C)cc2)cc1. The summed E-state index contributed by atoms with van der Waals surface area (Å²) in [5.41, 5.74) is 4.24. The largest absolute Gasteiger partial charge is 0.390 e. The summed E-state index contributed by atoms with van der Waals surface area (Å²) < 4.78 is 12.0. The molecular formula is C25H36N2O4. The minimum absolute atomic E-state index is 0.429. The van der Waals surface area contributed by atoms with Gasteiger partial charge in [0.1, 0.15) is 12.2 Å². The van der Waals surface area contributed by atoms with Gasteiger partial charge in [0, 0.05) is 52.4 Å². The van der Waals surface area contributed by atoms with Gasteiger partial charge < -0.3 is 29.5 Å². The summed E-state index contributed by atoms with van der Waals surface area (Å²) in [5, 5.41) is 21.9. The number of anilines is 2. The van der Waals surface area contributed by atoms with E-state index in [9.17, 15) is 10.2 Å². The van der Waals surface area contributed by atoms with Crippen LogP contribution in [0.25, 0.3) is 0 Å². The fourth-order valence-electron chi connectivity index (χ4n) is 3.99. The first kappa shape index (κ1) is 23.5. The summed E-state index contributed by atoms with van der Waals surface area (Å²) >= 11 is 0. The highest BCUT2D eigenvalue weighted by Crippen LogP contribution is 2.33. The lowest BCUT2D eigenvalue weighted by Crippen LogP contribution is -2.44. The first-order valence-corrected chi connectivity index (χ1v) is 10.8. The van der Waals surface area contributed by atoms with Gasteiger partial charge in [-0.15, -0.1) is 0 Å². The van der Waals surface area contributed by atoms with Crippen molar-refractivity contribution in [2.45, 2.75) is 56.9 Å². The Bertz CT molecular complexity index is 764. The van der Waals surface area contributed by atoms with Gasteiger partial charge in [0.2, 0.25) is 0 Å². The predicted molar refractivity (Wildman–Crippen MR) is 125 cm³/mol. The smallest absolute Gasteiger partial charge is 0.164 e. The summed E-state index contributed by atoms with van der Waals surface area (Å²) in [6.07, 6.45) is -1.94. The quantitative estimate of drug-likeness (QED) is 0.674. The summed E-state index contributed by atoms with van der Waals surface area (Å²) in [7, 11) is 7.98. The molecule has 1 aliphatic rings. The topological polar surface area (TPSA) is 65.4 Å². The van der Waals surface area contributed by atoms with E-state index >= 15 is 0 Å². The van der Waals surface area contributed by atoms with Crippen molar-refractivity contribution >= 4 is 11.4 Å². The Labute approximate surface area is 186 Å². The Kier molecular flexibility index (Phi) is 7.27. The molecule has 0 aromatic heterocycles. The van der Waals surface area contributed by atoms with Crippen molar-refractivity contribution in [3.05, 3.63) is 59.7 Å². The third-order valence-corrected chi connectivity index (χ3v) is 5.72. The van der Waals surface area contributed by atoms with Crippen LogP contribution in [0, 0.1) is 0 Å². The zero-order valence-corrected chi connectivity index (χ0v) is 19.4. The van der Waals surface area contributed by atoms with Crippen LogP contribution in [0.15, 0.2) is 48.5 Å². The van der Waals surface area contributed by atoms with Gasteiger partial charge in [-0.2, -0.15) is 0 Å². The summed E-state index contributed by atoms with van der Waals surface area (Å²) in [6.45, 7) is 3.63. The molecule has 0 aliphatic carbocycles. The van der Waals surface area contributed by atoms with E-state index in [0.29, 0.717) is 12.8 Å². The number of aliphatic hydroxyl groups is 2. The molecule has 1 saturated heterocycles. The molecule has 31 heavy (non-hydrogen) atoms. The van der Waals surface area contributed by atoms with E-state index in [2.05, 4.69) is 0 Å². The maximum absolute atomic E-state index is 11.0. The molecular weight excluding hydrogens is 392 g/mol. The Balaban J connectivity index is 1.69. The number of hydrogen-bond donors (Lipinski definition) is 2. The molecule has 6 heteroatoms. The van der Waals surface area contributed by atoms with Crippen molar-refractivity contribution in [2.24, 2.45) is 0 Å². The van der Waals surface area contributed by atoms with Crippen molar-refractivity contribution < 1.29 is 19.7 Å². The van der Waals surface area contributed by atoms with E-state index in [1.54, 1.807) is 0 Å². The van der Waals surface area contributed by atoms with E-state index in [-0.39, 0.29) is 0 Å². The molecule has 170 valence electrons. The first-order chi connectivity index (χ1) is 14.6. The normalized spacial score (nSPS) is 22.2. The molecule has 0 saturated carbocycles. The van der Waals surface area contributed by atoms with Crippen LogP contribution < -0.4 is 9.80 Å².